The topological polar surface area (TPSA) is 57.6 Å². The number of anilines is 1. The van der Waals surface area contributed by atoms with Crippen molar-refractivity contribution in [3.8, 4) is 0 Å². The monoisotopic (exact) mass is 353 g/mol. The lowest BCUT2D eigenvalue weighted by atomic mass is 9.99. The van der Waals surface area contributed by atoms with Gasteiger partial charge in [-0.15, -0.1) is 11.8 Å². The number of aliphatic hydroxyl groups excluding tert-OH is 1. The lowest BCUT2D eigenvalue weighted by molar-refractivity contribution is -0.119. The van der Waals surface area contributed by atoms with Crippen molar-refractivity contribution < 1.29 is 14.7 Å². The number of hydrogen-bond donors (Lipinski definition) is 1. The van der Waals surface area contributed by atoms with Gasteiger partial charge in [-0.2, -0.15) is 0 Å². The van der Waals surface area contributed by atoms with E-state index >= 15 is 0 Å². The van der Waals surface area contributed by atoms with Gasteiger partial charge in [0.2, 0.25) is 0 Å². The fourth-order valence-electron chi connectivity index (χ4n) is 2.93. The molecular formula is C20H19NO3S. The Kier molecular flexibility index (Phi) is 5.06. The van der Waals surface area contributed by atoms with Crippen LogP contribution in [0, 0.1) is 13.8 Å². The largest absolute Gasteiger partial charge is 0.396 e. The van der Waals surface area contributed by atoms with Crippen LogP contribution in [0.15, 0.2) is 53.4 Å². The quantitative estimate of drug-likeness (QED) is 0.838. The second-order valence-electron chi connectivity index (χ2n) is 5.88. The van der Waals surface area contributed by atoms with E-state index in [0.717, 1.165) is 16.7 Å². The summed E-state index contributed by atoms with van der Waals surface area (Å²) in [6.07, 6.45) is 0. The first kappa shape index (κ1) is 17.5. The standard InChI is InChI=1S/C20H19NO3S/c1-13-8-9-16(14(2)12-13)17-18(25-11-10-22)20(24)21(19(17)23)15-6-4-3-5-7-15/h3-9,12,22H,10-11H2,1-2H3. The van der Waals surface area contributed by atoms with E-state index in [9.17, 15) is 9.59 Å². The first-order valence-electron chi connectivity index (χ1n) is 8.04. The van der Waals surface area contributed by atoms with Crippen LogP contribution in [0.5, 0.6) is 0 Å². The second-order valence-corrected chi connectivity index (χ2v) is 6.98. The van der Waals surface area contributed by atoms with Crippen molar-refractivity contribution >= 4 is 34.8 Å². The Hall–Kier alpha value is -2.37. The number of amides is 2. The van der Waals surface area contributed by atoms with Crippen LogP contribution in [0.1, 0.15) is 16.7 Å². The zero-order valence-corrected chi connectivity index (χ0v) is 15.0. The van der Waals surface area contributed by atoms with Crippen LogP contribution in [-0.4, -0.2) is 29.3 Å². The summed E-state index contributed by atoms with van der Waals surface area (Å²) in [5.74, 6) is -0.279. The first-order chi connectivity index (χ1) is 12.0. The molecule has 0 atom stereocenters. The molecule has 0 fully saturated rings. The number of nitrogens with zero attached hydrogens (tertiary/aromatic N) is 1. The van der Waals surface area contributed by atoms with Crippen molar-refractivity contribution in [2.45, 2.75) is 13.8 Å². The summed E-state index contributed by atoms with van der Waals surface area (Å²) in [7, 11) is 0. The molecule has 3 rings (SSSR count). The second kappa shape index (κ2) is 7.25. The molecule has 1 heterocycles. The normalized spacial score (nSPS) is 14.6. The highest BCUT2D eigenvalue weighted by Gasteiger charge is 2.40. The molecule has 0 radical (unpaired) electrons. The number of para-hydroxylation sites is 1. The summed E-state index contributed by atoms with van der Waals surface area (Å²) >= 11 is 1.23. The van der Waals surface area contributed by atoms with Gasteiger partial charge in [0.15, 0.2) is 0 Å². The Balaban J connectivity index is 2.12. The number of carbonyl (C=O) groups excluding carboxylic acids is 2. The highest BCUT2D eigenvalue weighted by Crippen LogP contribution is 2.39. The molecule has 25 heavy (non-hydrogen) atoms. The summed E-state index contributed by atoms with van der Waals surface area (Å²) in [6.45, 7) is 3.87. The van der Waals surface area contributed by atoms with E-state index in [1.165, 1.54) is 16.7 Å². The van der Waals surface area contributed by atoms with Crippen LogP contribution in [0.4, 0.5) is 5.69 Å². The molecule has 2 aromatic carbocycles. The van der Waals surface area contributed by atoms with E-state index < -0.39 is 0 Å². The Labute approximate surface area is 151 Å². The molecule has 128 valence electrons. The van der Waals surface area contributed by atoms with Crippen LogP contribution < -0.4 is 4.90 Å². The fourth-order valence-corrected chi connectivity index (χ4v) is 3.79. The Morgan fingerprint density at radius 3 is 2.36 bits per heavy atom. The number of carbonyl (C=O) groups is 2. The number of benzene rings is 2. The molecule has 0 unspecified atom stereocenters. The lowest BCUT2D eigenvalue weighted by Gasteiger charge is -2.15. The van der Waals surface area contributed by atoms with Gasteiger partial charge in [0.05, 0.1) is 22.8 Å². The van der Waals surface area contributed by atoms with E-state index in [1.54, 1.807) is 24.3 Å². The molecule has 2 aromatic rings. The van der Waals surface area contributed by atoms with Crippen LogP contribution in [0.25, 0.3) is 5.57 Å². The molecule has 1 aliphatic heterocycles. The van der Waals surface area contributed by atoms with Crippen LogP contribution in [-0.2, 0) is 9.59 Å². The summed E-state index contributed by atoms with van der Waals surface area (Å²) in [6, 6.07) is 14.8. The zero-order chi connectivity index (χ0) is 18.0. The third-order valence-corrected chi connectivity index (χ3v) is 5.10. The lowest BCUT2D eigenvalue weighted by Crippen LogP contribution is -2.31. The zero-order valence-electron chi connectivity index (χ0n) is 14.2. The molecule has 0 saturated heterocycles. The van der Waals surface area contributed by atoms with Crippen LogP contribution in [0.3, 0.4) is 0 Å². The maximum atomic E-state index is 13.1. The van der Waals surface area contributed by atoms with Crippen molar-refractivity contribution in [1.29, 1.82) is 0 Å². The maximum absolute atomic E-state index is 13.1. The number of aliphatic hydroxyl groups is 1. The minimum atomic E-state index is -0.329. The van der Waals surface area contributed by atoms with E-state index in [1.807, 2.05) is 38.1 Å². The third-order valence-electron chi connectivity index (χ3n) is 4.04. The van der Waals surface area contributed by atoms with Gasteiger partial charge in [-0.05, 0) is 37.1 Å². The molecule has 1 aliphatic rings. The molecule has 1 N–H and O–H groups in total. The summed E-state index contributed by atoms with van der Waals surface area (Å²) in [5, 5.41) is 9.16. The maximum Gasteiger partial charge on any atom is 0.272 e. The first-order valence-corrected chi connectivity index (χ1v) is 9.02. The molecule has 4 nitrogen and oxygen atoms in total. The van der Waals surface area contributed by atoms with Crippen molar-refractivity contribution in [3.05, 3.63) is 70.1 Å². The SMILES string of the molecule is Cc1ccc(C2=C(SCCO)C(=O)N(c3ccccc3)C2=O)c(C)c1. The number of rotatable bonds is 5. The van der Waals surface area contributed by atoms with Gasteiger partial charge in [0, 0.05) is 5.75 Å². The predicted molar refractivity (Wildman–Crippen MR) is 101 cm³/mol. The highest BCUT2D eigenvalue weighted by molar-refractivity contribution is 8.04. The minimum Gasteiger partial charge on any atom is -0.396 e. The van der Waals surface area contributed by atoms with E-state index in [0.29, 0.717) is 21.9 Å². The molecule has 5 heteroatoms. The van der Waals surface area contributed by atoms with Crippen LogP contribution >= 0.6 is 11.8 Å². The van der Waals surface area contributed by atoms with Crippen molar-refractivity contribution in [2.75, 3.05) is 17.3 Å². The van der Waals surface area contributed by atoms with Gasteiger partial charge in [0.1, 0.15) is 0 Å². The number of hydrogen-bond acceptors (Lipinski definition) is 4. The number of aryl methyl sites for hydroxylation is 2. The average Bonchev–Trinajstić information content (AvgIpc) is 2.84. The highest BCUT2D eigenvalue weighted by atomic mass is 32.2. The minimum absolute atomic E-state index is 0.0544. The summed E-state index contributed by atoms with van der Waals surface area (Å²) < 4.78 is 0. The van der Waals surface area contributed by atoms with Gasteiger partial charge in [-0.3, -0.25) is 9.59 Å². The molecule has 0 saturated carbocycles. The molecule has 0 aliphatic carbocycles. The molecular weight excluding hydrogens is 334 g/mol. The van der Waals surface area contributed by atoms with Crippen molar-refractivity contribution in [3.63, 3.8) is 0 Å². The fraction of sp³-hybridized carbons (Fsp3) is 0.200. The van der Waals surface area contributed by atoms with Crippen molar-refractivity contribution in [1.82, 2.24) is 0 Å². The smallest absolute Gasteiger partial charge is 0.272 e. The Morgan fingerprint density at radius 1 is 1.00 bits per heavy atom. The van der Waals surface area contributed by atoms with Gasteiger partial charge < -0.3 is 5.11 Å². The Morgan fingerprint density at radius 2 is 1.72 bits per heavy atom. The van der Waals surface area contributed by atoms with Gasteiger partial charge in [-0.25, -0.2) is 4.90 Å². The van der Waals surface area contributed by atoms with Gasteiger partial charge >= 0.3 is 0 Å². The van der Waals surface area contributed by atoms with Gasteiger partial charge in [-0.1, -0.05) is 42.0 Å². The van der Waals surface area contributed by atoms with Crippen LogP contribution in [0.2, 0.25) is 0 Å². The summed E-state index contributed by atoms with van der Waals surface area (Å²) in [5.41, 5.74) is 3.79. The van der Waals surface area contributed by atoms with E-state index in [4.69, 9.17) is 5.11 Å². The van der Waals surface area contributed by atoms with E-state index in [2.05, 4.69) is 0 Å². The Bertz CT molecular complexity index is 858. The molecule has 0 bridgehead atoms. The number of thioether (sulfide) groups is 1. The average molecular weight is 353 g/mol. The number of imide groups is 1. The molecule has 2 amide bonds. The summed E-state index contributed by atoms with van der Waals surface area (Å²) in [4.78, 5) is 27.6. The molecule has 0 spiro atoms. The van der Waals surface area contributed by atoms with Crippen molar-refractivity contribution in [2.24, 2.45) is 0 Å². The third kappa shape index (κ3) is 3.25. The van der Waals surface area contributed by atoms with E-state index in [-0.39, 0.29) is 18.4 Å². The molecule has 0 aromatic heterocycles. The van der Waals surface area contributed by atoms with Gasteiger partial charge in [0.25, 0.3) is 11.8 Å². The predicted octanol–water partition coefficient (Wildman–Crippen LogP) is 3.31.